The Kier molecular flexibility index (Phi) is 8.17. The lowest BCUT2D eigenvalue weighted by Gasteiger charge is -2.24. The number of hydrogen-bond donors (Lipinski definition) is 2. The molecule has 0 aromatic heterocycles. The third-order valence-electron chi connectivity index (χ3n) is 9.37. The summed E-state index contributed by atoms with van der Waals surface area (Å²) >= 11 is 0. The standard InChI is InChI=1S/C40H37NO3/c1-25-21-33(22-28-15-17-30(18-16-28)36-13-6-7-14-37(36)40(43)44)27(3)34-20-19-31(23-38(34)26(25)2)39(42)41-24-32-11-8-10-29-9-4-5-12-35(29)32/h4-20,23,27,33H,21-22,24H2,1-3H3,(H,41,42)(H,43,44). The first kappa shape index (κ1) is 29.1. The fourth-order valence-corrected chi connectivity index (χ4v) is 6.64. The van der Waals surface area contributed by atoms with Crippen LogP contribution in [0.3, 0.4) is 0 Å². The van der Waals surface area contributed by atoms with E-state index in [0.717, 1.165) is 40.5 Å². The lowest BCUT2D eigenvalue weighted by molar-refractivity contribution is 0.0697. The molecule has 1 aliphatic carbocycles. The maximum Gasteiger partial charge on any atom is 0.336 e. The molecule has 5 aromatic rings. The molecule has 2 atom stereocenters. The average molecular weight is 580 g/mol. The Morgan fingerprint density at radius 3 is 2.34 bits per heavy atom. The van der Waals surface area contributed by atoms with Crippen molar-refractivity contribution in [3.05, 3.63) is 148 Å². The van der Waals surface area contributed by atoms with Gasteiger partial charge in [-0.05, 0) is 106 Å². The van der Waals surface area contributed by atoms with Crippen molar-refractivity contribution in [2.75, 3.05) is 0 Å². The first-order valence-electron chi connectivity index (χ1n) is 15.3. The first-order chi connectivity index (χ1) is 21.3. The van der Waals surface area contributed by atoms with E-state index in [0.29, 0.717) is 29.5 Å². The summed E-state index contributed by atoms with van der Waals surface area (Å²) in [6, 6.07) is 36.1. The number of carboxylic acid groups (broad SMARTS) is 1. The number of benzene rings is 5. The van der Waals surface area contributed by atoms with Crippen LogP contribution in [0.15, 0.2) is 115 Å². The van der Waals surface area contributed by atoms with Crippen LogP contribution in [0.1, 0.15) is 76.1 Å². The first-order valence-corrected chi connectivity index (χ1v) is 15.3. The van der Waals surface area contributed by atoms with Crippen molar-refractivity contribution >= 4 is 28.2 Å². The van der Waals surface area contributed by atoms with Crippen molar-refractivity contribution in [1.29, 1.82) is 0 Å². The Morgan fingerprint density at radius 1 is 0.818 bits per heavy atom. The van der Waals surface area contributed by atoms with Crippen molar-refractivity contribution in [2.45, 2.75) is 46.1 Å². The van der Waals surface area contributed by atoms with Gasteiger partial charge in [0.25, 0.3) is 5.91 Å². The van der Waals surface area contributed by atoms with E-state index < -0.39 is 5.97 Å². The van der Waals surface area contributed by atoms with Crippen molar-refractivity contribution in [2.24, 2.45) is 5.92 Å². The predicted molar refractivity (Wildman–Crippen MR) is 179 cm³/mol. The van der Waals surface area contributed by atoms with Crippen molar-refractivity contribution < 1.29 is 14.7 Å². The molecule has 0 aliphatic heterocycles. The van der Waals surface area contributed by atoms with Gasteiger partial charge < -0.3 is 10.4 Å². The molecule has 0 bridgehead atoms. The molecule has 4 nitrogen and oxygen atoms in total. The van der Waals surface area contributed by atoms with Crippen LogP contribution < -0.4 is 5.32 Å². The SMILES string of the molecule is CC1=C(C)c2cc(C(=O)NCc3cccc4ccccc34)ccc2C(C)C(Cc2ccc(-c3ccccc3C(=O)O)cc2)C1. The molecule has 0 saturated heterocycles. The van der Waals surface area contributed by atoms with E-state index in [1.54, 1.807) is 12.1 Å². The van der Waals surface area contributed by atoms with Gasteiger partial charge >= 0.3 is 5.97 Å². The van der Waals surface area contributed by atoms with Gasteiger partial charge in [-0.3, -0.25) is 4.79 Å². The molecule has 2 unspecified atom stereocenters. The number of nitrogens with one attached hydrogen (secondary N) is 1. The van der Waals surface area contributed by atoms with Crippen LogP contribution in [0, 0.1) is 5.92 Å². The summed E-state index contributed by atoms with van der Waals surface area (Å²) in [4.78, 5) is 25.0. The number of amides is 1. The Morgan fingerprint density at radius 2 is 1.55 bits per heavy atom. The summed E-state index contributed by atoms with van der Waals surface area (Å²) < 4.78 is 0. The summed E-state index contributed by atoms with van der Waals surface area (Å²) in [6.45, 7) is 7.16. The number of carbonyl (C=O) groups is 2. The van der Waals surface area contributed by atoms with E-state index in [4.69, 9.17) is 0 Å². The van der Waals surface area contributed by atoms with Crippen LogP contribution >= 0.6 is 0 Å². The number of aromatic carboxylic acids is 1. The molecule has 0 radical (unpaired) electrons. The predicted octanol–water partition coefficient (Wildman–Crippen LogP) is 9.29. The number of allylic oxidation sites excluding steroid dienone is 2. The minimum absolute atomic E-state index is 0.0656. The second-order valence-corrected chi connectivity index (χ2v) is 12.0. The van der Waals surface area contributed by atoms with Crippen LogP contribution in [-0.4, -0.2) is 17.0 Å². The summed E-state index contributed by atoms with van der Waals surface area (Å²) in [5.74, 6) is -0.282. The monoisotopic (exact) mass is 579 g/mol. The van der Waals surface area contributed by atoms with E-state index in [9.17, 15) is 14.7 Å². The third kappa shape index (κ3) is 5.80. The van der Waals surface area contributed by atoms with Crippen LogP contribution in [0.5, 0.6) is 0 Å². The number of carbonyl (C=O) groups excluding carboxylic acids is 1. The molecule has 44 heavy (non-hydrogen) atoms. The largest absolute Gasteiger partial charge is 0.478 e. The molecule has 0 fully saturated rings. The maximum atomic E-state index is 13.3. The molecule has 5 aromatic carbocycles. The minimum atomic E-state index is -0.918. The molecular formula is C40H37NO3. The molecule has 4 heteroatoms. The van der Waals surface area contributed by atoms with Gasteiger partial charge in [-0.15, -0.1) is 0 Å². The fourth-order valence-electron chi connectivity index (χ4n) is 6.64. The highest BCUT2D eigenvalue weighted by molar-refractivity contribution is 5.96. The zero-order chi connectivity index (χ0) is 30.8. The third-order valence-corrected chi connectivity index (χ3v) is 9.37. The molecule has 1 aliphatic rings. The smallest absolute Gasteiger partial charge is 0.336 e. The van der Waals surface area contributed by atoms with Crippen LogP contribution in [-0.2, 0) is 13.0 Å². The van der Waals surface area contributed by atoms with E-state index in [1.807, 2.05) is 48.5 Å². The van der Waals surface area contributed by atoms with E-state index in [-0.39, 0.29) is 5.91 Å². The maximum absolute atomic E-state index is 13.3. The fraction of sp³-hybridized carbons (Fsp3) is 0.200. The van der Waals surface area contributed by atoms with Crippen LogP contribution in [0.4, 0.5) is 0 Å². The zero-order valence-electron chi connectivity index (χ0n) is 25.4. The lowest BCUT2D eigenvalue weighted by atomic mass is 9.80. The molecule has 0 saturated carbocycles. The van der Waals surface area contributed by atoms with Gasteiger partial charge in [-0.1, -0.05) is 103 Å². The Labute approximate surface area is 259 Å². The number of rotatable bonds is 7. The number of fused-ring (bicyclic) bond motifs is 2. The van der Waals surface area contributed by atoms with Gasteiger partial charge in [-0.2, -0.15) is 0 Å². The van der Waals surface area contributed by atoms with E-state index >= 15 is 0 Å². The zero-order valence-corrected chi connectivity index (χ0v) is 25.4. The topological polar surface area (TPSA) is 66.4 Å². The quantitative estimate of drug-likeness (QED) is 0.202. The van der Waals surface area contributed by atoms with Gasteiger partial charge in [-0.25, -0.2) is 4.79 Å². The molecule has 0 spiro atoms. The molecule has 6 rings (SSSR count). The Hall–Kier alpha value is -4.96. The Bertz CT molecular complexity index is 1900. The molecule has 220 valence electrons. The highest BCUT2D eigenvalue weighted by Gasteiger charge is 2.27. The second-order valence-electron chi connectivity index (χ2n) is 12.0. The highest BCUT2D eigenvalue weighted by atomic mass is 16.4. The normalized spacial score (nSPS) is 16.3. The van der Waals surface area contributed by atoms with Crippen LogP contribution in [0.2, 0.25) is 0 Å². The lowest BCUT2D eigenvalue weighted by Crippen LogP contribution is -2.23. The van der Waals surface area contributed by atoms with Gasteiger partial charge in [0, 0.05) is 12.1 Å². The van der Waals surface area contributed by atoms with Gasteiger partial charge in [0.05, 0.1) is 5.56 Å². The summed E-state index contributed by atoms with van der Waals surface area (Å²) in [5, 5.41) is 15.1. The summed E-state index contributed by atoms with van der Waals surface area (Å²) in [5.41, 5.74) is 10.0. The van der Waals surface area contributed by atoms with E-state index in [1.165, 1.54) is 27.7 Å². The Balaban J connectivity index is 1.20. The molecule has 2 N–H and O–H groups in total. The number of carboxylic acids is 1. The van der Waals surface area contributed by atoms with Crippen molar-refractivity contribution in [3.63, 3.8) is 0 Å². The molecule has 1 amide bonds. The van der Waals surface area contributed by atoms with Crippen LogP contribution in [0.25, 0.3) is 27.5 Å². The summed E-state index contributed by atoms with van der Waals surface area (Å²) in [6.07, 6.45) is 1.90. The molecular weight excluding hydrogens is 542 g/mol. The number of hydrogen-bond acceptors (Lipinski definition) is 2. The van der Waals surface area contributed by atoms with Gasteiger partial charge in [0.1, 0.15) is 0 Å². The molecule has 0 heterocycles. The second kappa shape index (κ2) is 12.3. The van der Waals surface area contributed by atoms with Crippen molar-refractivity contribution in [3.8, 4) is 11.1 Å². The summed E-state index contributed by atoms with van der Waals surface area (Å²) in [7, 11) is 0. The van der Waals surface area contributed by atoms with Gasteiger partial charge in [0.15, 0.2) is 0 Å². The van der Waals surface area contributed by atoms with E-state index in [2.05, 4.69) is 74.6 Å². The minimum Gasteiger partial charge on any atom is -0.478 e. The highest BCUT2D eigenvalue weighted by Crippen LogP contribution is 2.41. The van der Waals surface area contributed by atoms with Gasteiger partial charge in [0.2, 0.25) is 0 Å². The van der Waals surface area contributed by atoms with Crippen molar-refractivity contribution in [1.82, 2.24) is 5.32 Å². The average Bonchev–Trinajstić information content (AvgIpc) is 3.13.